The Kier molecular flexibility index (Phi) is 3.18. The van der Waals surface area contributed by atoms with Crippen LogP contribution in [0.15, 0.2) is 30.3 Å². The van der Waals surface area contributed by atoms with E-state index in [2.05, 4.69) is 29.8 Å². The largest absolute Gasteiger partial charge is 0.379 e. The number of nitrogens with zero attached hydrogens (tertiary/aromatic N) is 1. The molecule has 1 N–H and O–H groups in total. The van der Waals surface area contributed by atoms with E-state index in [0.717, 1.165) is 0 Å². The molecule has 0 fully saturated rings. The minimum atomic E-state index is -0.210. The standard InChI is InChI=1S/C14H17FN2/c1-10-8-12(11(2)17(10)3)9-16-14-7-5-4-6-13(14)15/h4-8,16H,9H2,1-3H3. The number of aryl methyl sites for hydroxylation is 1. The first-order valence-electron chi connectivity index (χ1n) is 5.70. The van der Waals surface area contributed by atoms with Crippen LogP contribution in [0.3, 0.4) is 0 Å². The third-order valence-corrected chi connectivity index (χ3v) is 3.22. The SMILES string of the molecule is Cc1cc(CNc2ccccc2F)c(C)n1C. The van der Waals surface area contributed by atoms with Crippen LogP contribution in [-0.4, -0.2) is 4.57 Å². The summed E-state index contributed by atoms with van der Waals surface area (Å²) in [6.07, 6.45) is 0. The van der Waals surface area contributed by atoms with E-state index in [1.54, 1.807) is 12.1 Å². The normalized spacial score (nSPS) is 10.6. The summed E-state index contributed by atoms with van der Waals surface area (Å²) in [5, 5.41) is 3.12. The molecule has 1 heterocycles. The second-order valence-corrected chi connectivity index (χ2v) is 4.29. The summed E-state index contributed by atoms with van der Waals surface area (Å²) in [6.45, 7) is 4.79. The van der Waals surface area contributed by atoms with Gasteiger partial charge in [0.1, 0.15) is 5.82 Å². The summed E-state index contributed by atoms with van der Waals surface area (Å²) in [6, 6.07) is 8.86. The van der Waals surface area contributed by atoms with E-state index >= 15 is 0 Å². The van der Waals surface area contributed by atoms with Gasteiger partial charge in [-0.2, -0.15) is 0 Å². The lowest BCUT2D eigenvalue weighted by molar-refractivity contribution is 0.630. The van der Waals surface area contributed by atoms with Crippen molar-refractivity contribution >= 4 is 5.69 Å². The predicted molar refractivity (Wildman–Crippen MR) is 68.6 cm³/mol. The lowest BCUT2D eigenvalue weighted by Crippen LogP contribution is -2.02. The first kappa shape index (κ1) is 11.7. The number of rotatable bonds is 3. The molecule has 0 radical (unpaired) electrons. The van der Waals surface area contributed by atoms with Crippen LogP contribution < -0.4 is 5.32 Å². The molecule has 2 aromatic rings. The molecule has 0 unspecified atom stereocenters. The van der Waals surface area contributed by atoms with Crippen LogP contribution in [0.25, 0.3) is 0 Å². The number of halogens is 1. The van der Waals surface area contributed by atoms with Gasteiger partial charge in [0.2, 0.25) is 0 Å². The van der Waals surface area contributed by atoms with Gasteiger partial charge in [-0.1, -0.05) is 12.1 Å². The second-order valence-electron chi connectivity index (χ2n) is 4.29. The highest BCUT2D eigenvalue weighted by Gasteiger charge is 2.06. The van der Waals surface area contributed by atoms with E-state index in [0.29, 0.717) is 12.2 Å². The lowest BCUT2D eigenvalue weighted by Gasteiger charge is -2.07. The smallest absolute Gasteiger partial charge is 0.146 e. The van der Waals surface area contributed by atoms with Crippen LogP contribution in [-0.2, 0) is 13.6 Å². The molecule has 1 aromatic carbocycles. The Labute approximate surface area is 101 Å². The summed E-state index contributed by atoms with van der Waals surface area (Å²) in [5.74, 6) is -0.210. The van der Waals surface area contributed by atoms with Crippen LogP contribution in [0.5, 0.6) is 0 Å². The maximum absolute atomic E-state index is 13.4. The number of hydrogen-bond acceptors (Lipinski definition) is 1. The Morgan fingerprint density at radius 1 is 1.24 bits per heavy atom. The van der Waals surface area contributed by atoms with E-state index in [4.69, 9.17) is 0 Å². The molecule has 17 heavy (non-hydrogen) atoms. The van der Waals surface area contributed by atoms with Gasteiger partial charge in [0.05, 0.1) is 5.69 Å². The van der Waals surface area contributed by atoms with Gasteiger partial charge >= 0.3 is 0 Å². The minimum Gasteiger partial charge on any atom is -0.379 e. The van der Waals surface area contributed by atoms with E-state index in [1.165, 1.54) is 23.0 Å². The van der Waals surface area contributed by atoms with Gasteiger partial charge in [-0.15, -0.1) is 0 Å². The monoisotopic (exact) mass is 232 g/mol. The van der Waals surface area contributed by atoms with E-state index < -0.39 is 0 Å². The quantitative estimate of drug-likeness (QED) is 0.858. The summed E-state index contributed by atoms with van der Waals surface area (Å²) in [7, 11) is 2.04. The lowest BCUT2D eigenvalue weighted by atomic mass is 10.2. The highest BCUT2D eigenvalue weighted by Crippen LogP contribution is 2.17. The van der Waals surface area contributed by atoms with E-state index in [-0.39, 0.29) is 5.82 Å². The van der Waals surface area contributed by atoms with Crippen molar-refractivity contribution in [1.29, 1.82) is 0 Å². The molecular weight excluding hydrogens is 215 g/mol. The van der Waals surface area contributed by atoms with Crippen molar-refractivity contribution in [3.63, 3.8) is 0 Å². The first-order chi connectivity index (χ1) is 8.09. The molecule has 0 aliphatic carbocycles. The maximum Gasteiger partial charge on any atom is 0.146 e. The summed E-state index contributed by atoms with van der Waals surface area (Å²) in [4.78, 5) is 0. The fraction of sp³-hybridized carbons (Fsp3) is 0.286. The molecule has 0 atom stereocenters. The van der Waals surface area contributed by atoms with E-state index in [9.17, 15) is 4.39 Å². The molecule has 0 bridgehead atoms. The second kappa shape index (κ2) is 4.62. The third-order valence-electron chi connectivity index (χ3n) is 3.22. The zero-order valence-corrected chi connectivity index (χ0v) is 10.4. The molecule has 0 aliphatic rings. The molecule has 0 saturated heterocycles. The maximum atomic E-state index is 13.4. The minimum absolute atomic E-state index is 0.210. The Morgan fingerprint density at radius 2 is 1.94 bits per heavy atom. The first-order valence-corrected chi connectivity index (χ1v) is 5.70. The molecule has 2 nitrogen and oxygen atoms in total. The van der Waals surface area contributed by atoms with Gasteiger partial charge in [0.15, 0.2) is 0 Å². The summed E-state index contributed by atoms with van der Waals surface area (Å²) >= 11 is 0. The average molecular weight is 232 g/mol. The number of anilines is 1. The Bertz CT molecular complexity index is 529. The molecule has 0 spiro atoms. The van der Waals surface area contributed by atoms with Crippen molar-refractivity contribution in [2.24, 2.45) is 7.05 Å². The van der Waals surface area contributed by atoms with Crippen molar-refractivity contribution < 1.29 is 4.39 Å². The topological polar surface area (TPSA) is 17.0 Å². The van der Waals surface area contributed by atoms with Crippen molar-refractivity contribution in [2.45, 2.75) is 20.4 Å². The van der Waals surface area contributed by atoms with Gasteiger partial charge in [-0.25, -0.2) is 4.39 Å². The fourth-order valence-corrected chi connectivity index (χ4v) is 1.91. The Hall–Kier alpha value is -1.77. The summed E-state index contributed by atoms with van der Waals surface area (Å²) in [5.41, 5.74) is 4.18. The highest BCUT2D eigenvalue weighted by molar-refractivity contribution is 5.45. The van der Waals surface area contributed by atoms with Crippen LogP contribution in [0, 0.1) is 19.7 Å². The van der Waals surface area contributed by atoms with Crippen molar-refractivity contribution in [2.75, 3.05) is 5.32 Å². The van der Waals surface area contributed by atoms with Gasteiger partial charge in [0.25, 0.3) is 0 Å². The molecule has 0 aliphatic heterocycles. The third kappa shape index (κ3) is 2.33. The van der Waals surface area contributed by atoms with Gasteiger partial charge in [0, 0.05) is 25.0 Å². The molecule has 0 amide bonds. The van der Waals surface area contributed by atoms with E-state index in [1.807, 2.05) is 13.1 Å². The number of para-hydroxylation sites is 1. The van der Waals surface area contributed by atoms with Crippen LogP contribution in [0.1, 0.15) is 17.0 Å². The number of benzene rings is 1. The van der Waals surface area contributed by atoms with Crippen molar-refractivity contribution in [1.82, 2.24) is 4.57 Å². The van der Waals surface area contributed by atoms with Gasteiger partial charge < -0.3 is 9.88 Å². The molecule has 0 saturated carbocycles. The van der Waals surface area contributed by atoms with Crippen molar-refractivity contribution in [3.8, 4) is 0 Å². The predicted octanol–water partition coefficient (Wildman–Crippen LogP) is 3.39. The zero-order chi connectivity index (χ0) is 12.4. The molecule has 3 heteroatoms. The van der Waals surface area contributed by atoms with Gasteiger partial charge in [-0.05, 0) is 37.6 Å². The number of nitrogens with one attached hydrogen (secondary N) is 1. The fourth-order valence-electron chi connectivity index (χ4n) is 1.91. The molecule has 2 rings (SSSR count). The highest BCUT2D eigenvalue weighted by atomic mass is 19.1. The molecule has 1 aromatic heterocycles. The summed E-state index contributed by atoms with van der Waals surface area (Å²) < 4.78 is 15.5. The molecular formula is C14H17FN2. The Balaban J connectivity index is 2.13. The van der Waals surface area contributed by atoms with Crippen LogP contribution >= 0.6 is 0 Å². The zero-order valence-electron chi connectivity index (χ0n) is 10.4. The average Bonchev–Trinajstić information content (AvgIpc) is 2.56. The number of aromatic nitrogens is 1. The van der Waals surface area contributed by atoms with Crippen LogP contribution in [0.2, 0.25) is 0 Å². The van der Waals surface area contributed by atoms with Crippen molar-refractivity contribution in [3.05, 3.63) is 53.1 Å². The molecule has 90 valence electrons. The van der Waals surface area contributed by atoms with Gasteiger partial charge in [-0.3, -0.25) is 0 Å². The Morgan fingerprint density at radius 3 is 2.53 bits per heavy atom. The van der Waals surface area contributed by atoms with Crippen LogP contribution in [0.4, 0.5) is 10.1 Å². The number of hydrogen-bond donors (Lipinski definition) is 1.